The van der Waals surface area contributed by atoms with Crippen LogP contribution in [-0.4, -0.2) is 23.6 Å². The molecule has 0 radical (unpaired) electrons. The molecule has 0 spiro atoms. The van der Waals surface area contributed by atoms with Crippen molar-refractivity contribution in [2.45, 2.75) is 6.92 Å². The predicted octanol–water partition coefficient (Wildman–Crippen LogP) is 3.27. The molecule has 100 valence electrons. The standard InChI is InChI=1S/C13H15IN4O/c1-3-15-12-11(19-2)13(17-8-16-12)18-10-6-4-9(14)5-7-10/h4-8H,3H2,1-2H3,(H2,15,16,17,18). The summed E-state index contributed by atoms with van der Waals surface area (Å²) in [6.07, 6.45) is 1.51. The monoisotopic (exact) mass is 370 g/mol. The minimum Gasteiger partial charge on any atom is -0.490 e. The van der Waals surface area contributed by atoms with Crippen LogP contribution in [0.5, 0.6) is 5.75 Å². The van der Waals surface area contributed by atoms with Crippen molar-refractivity contribution in [3.05, 3.63) is 34.2 Å². The summed E-state index contributed by atoms with van der Waals surface area (Å²) in [5, 5.41) is 6.38. The van der Waals surface area contributed by atoms with Crippen molar-refractivity contribution >= 4 is 39.9 Å². The number of hydrogen-bond donors (Lipinski definition) is 2. The third-order valence-electron chi connectivity index (χ3n) is 2.46. The molecule has 0 amide bonds. The maximum atomic E-state index is 5.37. The van der Waals surface area contributed by atoms with Crippen molar-refractivity contribution in [1.82, 2.24) is 9.97 Å². The Balaban J connectivity index is 2.28. The number of hydrogen-bond acceptors (Lipinski definition) is 5. The van der Waals surface area contributed by atoms with Gasteiger partial charge in [-0.25, -0.2) is 9.97 Å². The molecule has 2 N–H and O–H groups in total. The number of methoxy groups -OCH3 is 1. The number of halogens is 1. The molecule has 0 atom stereocenters. The van der Waals surface area contributed by atoms with Gasteiger partial charge in [0.25, 0.3) is 0 Å². The van der Waals surface area contributed by atoms with Crippen molar-refractivity contribution < 1.29 is 4.74 Å². The lowest BCUT2D eigenvalue weighted by molar-refractivity contribution is 0.415. The summed E-state index contributed by atoms with van der Waals surface area (Å²) in [7, 11) is 1.61. The molecule has 0 bridgehead atoms. The van der Waals surface area contributed by atoms with E-state index in [1.807, 2.05) is 31.2 Å². The zero-order valence-corrected chi connectivity index (χ0v) is 12.9. The smallest absolute Gasteiger partial charge is 0.204 e. The summed E-state index contributed by atoms with van der Waals surface area (Å²) in [5.74, 6) is 1.95. The SMILES string of the molecule is CCNc1ncnc(Nc2ccc(I)cc2)c1OC. The van der Waals surface area contributed by atoms with Crippen LogP contribution in [0.15, 0.2) is 30.6 Å². The lowest BCUT2D eigenvalue weighted by Crippen LogP contribution is -2.05. The molecule has 0 aliphatic rings. The van der Waals surface area contributed by atoms with E-state index in [4.69, 9.17) is 4.74 Å². The molecule has 0 aliphatic heterocycles. The molecule has 0 fully saturated rings. The van der Waals surface area contributed by atoms with Gasteiger partial charge in [-0.05, 0) is 53.8 Å². The highest BCUT2D eigenvalue weighted by molar-refractivity contribution is 14.1. The fraction of sp³-hybridized carbons (Fsp3) is 0.231. The van der Waals surface area contributed by atoms with E-state index < -0.39 is 0 Å². The first-order valence-corrected chi connectivity index (χ1v) is 6.98. The minimum absolute atomic E-state index is 0.614. The van der Waals surface area contributed by atoms with Crippen molar-refractivity contribution in [2.24, 2.45) is 0 Å². The molecule has 2 aromatic rings. The zero-order valence-electron chi connectivity index (χ0n) is 10.8. The van der Waals surface area contributed by atoms with Gasteiger partial charge >= 0.3 is 0 Å². The van der Waals surface area contributed by atoms with Crippen LogP contribution in [0.1, 0.15) is 6.92 Å². The lowest BCUT2D eigenvalue weighted by Gasteiger charge is -2.13. The number of nitrogens with one attached hydrogen (secondary N) is 2. The van der Waals surface area contributed by atoms with Gasteiger partial charge in [-0.15, -0.1) is 0 Å². The molecule has 0 saturated carbocycles. The molecule has 6 heteroatoms. The van der Waals surface area contributed by atoms with Crippen LogP contribution >= 0.6 is 22.6 Å². The molecule has 0 unspecified atom stereocenters. The lowest BCUT2D eigenvalue weighted by atomic mass is 10.3. The molecule has 19 heavy (non-hydrogen) atoms. The molecule has 0 saturated heterocycles. The molecule has 1 aromatic heterocycles. The predicted molar refractivity (Wildman–Crippen MR) is 85.2 cm³/mol. The van der Waals surface area contributed by atoms with Crippen molar-refractivity contribution in [2.75, 3.05) is 24.3 Å². The van der Waals surface area contributed by atoms with Gasteiger partial charge in [-0.3, -0.25) is 0 Å². The quantitative estimate of drug-likeness (QED) is 0.792. The van der Waals surface area contributed by atoms with Gasteiger partial charge in [0.05, 0.1) is 7.11 Å². The van der Waals surface area contributed by atoms with Crippen LogP contribution < -0.4 is 15.4 Å². The van der Waals surface area contributed by atoms with Crippen molar-refractivity contribution in [3.8, 4) is 5.75 Å². The fourth-order valence-corrected chi connectivity index (χ4v) is 1.98. The Hall–Kier alpha value is -1.57. The highest BCUT2D eigenvalue weighted by Gasteiger charge is 2.11. The highest BCUT2D eigenvalue weighted by Crippen LogP contribution is 2.31. The fourth-order valence-electron chi connectivity index (χ4n) is 1.62. The number of aromatic nitrogens is 2. The van der Waals surface area contributed by atoms with Gasteiger partial charge in [0, 0.05) is 15.8 Å². The number of rotatable bonds is 5. The summed E-state index contributed by atoms with van der Waals surface area (Å²) >= 11 is 2.27. The van der Waals surface area contributed by atoms with Crippen molar-refractivity contribution in [1.29, 1.82) is 0 Å². The molecule has 5 nitrogen and oxygen atoms in total. The molecular formula is C13H15IN4O. The molecule has 2 rings (SSSR count). The van der Waals surface area contributed by atoms with Gasteiger partial charge in [-0.1, -0.05) is 0 Å². The summed E-state index contributed by atoms with van der Waals surface area (Å²) in [6.45, 7) is 2.78. The molecule has 1 heterocycles. The average molecular weight is 370 g/mol. The third-order valence-corrected chi connectivity index (χ3v) is 3.18. The second kappa shape index (κ2) is 6.55. The van der Waals surface area contributed by atoms with Crippen molar-refractivity contribution in [3.63, 3.8) is 0 Å². The largest absolute Gasteiger partial charge is 0.490 e. The first-order chi connectivity index (χ1) is 9.24. The van der Waals surface area contributed by atoms with Crippen LogP contribution in [0, 0.1) is 3.57 Å². The molecule has 0 aliphatic carbocycles. The number of benzene rings is 1. The normalized spacial score (nSPS) is 10.1. The summed E-state index contributed by atoms with van der Waals surface area (Å²) in [5.41, 5.74) is 0.958. The summed E-state index contributed by atoms with van der Waals surface area (Å²) in [4.78, 5) is 8.39. The van der Waals surface area contributed by atoms with E-state index in [0.29, 0.717) is 17.4 Å². The van der Waals surface area contributed by atoms with Crippen LogP contribution in [-0.2, 0) is 0 Å². The first kappa shape index (κ1) is 13.9. The molecular weight excluding hydrogens is 355 g/mol. The van der Waals surface area contributed by atoms with E-state index in [1.165, 1.54) is 9.90 Å². The Kier molecular flexibility index (Phi) is 4.78. The van der Waals surface area contributed by atoms with Gasteiger partial charge < -0.3 is 15.4 Å². The number of ether oxygens (including phenoxy) is 1. The molecule has 1 aromatic carbocycles. The topological polar surface area (TPSA) is 59.1 Å². The van der Waals surface area contributed by atoms with E-state index in [0.717, 1.165) is 12.2 Å². The Morgan fingerprint density at radius 2 is 1.84 bits per heavy atom. The van der Waals surface area contributed by atoms with Gasteiger partial charge in [0.1, 0.15) is 6.33 Å². The van der Waals surface area contributed by atoms with Gasteiger partial charge in [0.2, 0.25) is 5.75 Å². The second-order valence-corrected chi connectivity index (χ2v) is 5.01. The number of nitrogens with zero attached hydrogens (tertiary/aromatic N) is 2. The third kappa shape index (κ3) is 3.46. The Morgan fingerprint density at radius 3 is 2.47 bits per heavy atom. The minimum atomic E-state index is 0.614. The van der Waals surface area contributed by atoms with Crippen LogP contribution in [0.2, 0.25) is 0 Å². The Labute approximate surface area is 125 Å². The van der Waals surface area contributed by atoms with E-state index in [-0.39, 0.29) is 0 Å². The van der Waals surface area contributed by atoms with Gasteiger partial charge in [-0.2, -0.15) is 0 Å². The summed E-state index contributed by atoms with van der Waals surface area (Å²) < 4.78 is 6.56. The Morgan fingerprint density at radius 1 is 1.16 bits per heavy atom. The van der Waals surface area contributed by atoms with E-state index >= 15 is 0 Å². The van der Waals surface area contributed by atoms with Crippen LogP contribution in [0.25, 0.3) is 0 Å². The maximum Gasteiger partial charge on any atom is 0.204 e. The highest BCUT2D eigenvalue weighted by atomic mass is 127. The Bertz CT molecular complexity index is 545. The average Bonchev–Trinajstić information content (AvgIpc) is 2.42. The zero-order chi connectivity index (χ0) is 13.7. The van der Waals surface area contributed by atoms with Crippen LogP contribution in [0.4, 0.5) is 17.3 Å². The van der Waals surface area contributed by atoms with E-state index in [9.17, 15) is 0 Å². The first-order valence-electron chi connectivity index (χ1n) is 5.90. The van der Waals surface area contributed by atoms with Crippen LogP contribution in [0.3, 0.4) is 0 Å². The van der Waals surface area contributed by atoms with E-state index in [2.05, 4.69) is 43.2 Å². The number of anilines is 3. The van der Waals surface area contributed by atoms with Gasteiger partial charge in [0.15, 0.2) is 11.6 Å². The second-order valence-electron chi connectivity index (χ2n) is 3.77. The summed E-state index contributed by atoms with van der Waals surface area (Å²) in [6, 6.07) is 8.05. The van der Waals surface area contributed by atoms with E-state index in [1.54, 1.807) is 7.11 Å². The maximum absolute atomic E-state index is 5.37.